The first kappa shape index (κ1) is 16.4. The van der Waals surface area contributed by atoms with Gasteiger partial charge in [0.15, 0.2) is 0 Å². The first-order valence-electron chi connectivity index (χ1n) is 6.85. The lowest BCUT2D eigenvalue weighted by Crippen LogP contribution is -2.27. The summed E-state index contributed by atoms with van der Waals surface area (Å²) in [6.07, 6.45) is 0.170. The maximum atomic E-state index is 12.1. The monoisotopic (exact) mass is 325 g/mol. The number of aryl methyl sites for hydroxylation is 1. The van der Waals surface area contributed by atoms with Gasteiger partial charge in [-0.3, -0.25) is 9.59 Å². The standard InChI is InChI=1S/C14H19N3O4S/c1-9-5-12(3-4-13(9)16-10(2)18)17-7-11(6-14(17)19)8-22(15,20)21/h3-5,11H,6-8H2,1-2H3,(H,16,18)(H2,15,20,21). The SMILES string of the molecule is CC(=O)Nc1ccc(N2CC(CS(N)(=O)=O)CC2=O)cc1C. The highest BCUT2D eigenvalue weighted by molar-refractivity contribution is 7.89. The number of primary sulfonamides is 1. The van der Waals surface area contributed by atoms with E-state index in [1.807, 2.05) is 6.92 Å². The largest absolute Gasteiger partial charge is 0.326 e. The van der Waals surface area contributed by atoms with Gasteiger partial charge in [-0.15, -0.1) is 0 Å². The van der Waals surface area contributed by atoms with Crippen molar-refractivity contribution in [3.63, 3.8) is 0 Å². The molecule has 1 aliphatic heterocycles. The number of carbonyl (C=O) groups is 2. The molecule has 0 aliphatic carbocycles. The van der Waals surface area contributed by atoms with E-state index in [1.54, 1.807) is 23.1 Å². The Morgan fingerprint density at radius 1 is 1.45 bits per heavy atom. The number of hydrogen-bond acceptors (Lipinski definition) is 4. The molecule has 2 amide bonds. The second-order valence-electron chi connectivity index (χ2n) is 5.58. The van der Waals surface area contributed by atoms with E-state index in [4.69, 9.17) is 5.14 Å². The van der Waals surface area contributed by atoms with Crippen molar-refractivity contribution in [2.24, 2.45) is 11.1 Å². The van der Waals surface area contributed by atoms with Crippen LogP contribution in [0.5, 0.6) is 0 Å². The Hall–Kier alpha value is -1.93. The van der Waals surface area contributed by atoms with Crippen LogP contribution in [0.15, 0.2) is 18.2 Å². The second-order valence-corrected chi connectivity index (χ2v) is 7.24. The van der Waals surface area contributed by atoms with Crippen LogP contribution in [0.25, 0.3) is 0 Å². The Bertz CT molecular complexity index is 715. The van der Waals surface area contributed by atoms with Gasteiger partial charge in [0.05, 0.1) is 5.75 Å². The first-order valence-corrected chi connectivity index (χ1v) is 8.56. The summed E-state index contributed by atoms with van der Waals surface area (Å²) in [5.41, 5.74) is 2.20. The fraction of sp³-hybridized carbons (Fsp3) is 0.429. The molecule has 1 atom stereocenters. The molecule has 0 bridgehead atoms. The molecule has 1 aromatic rings. The summed E-state index contributed by atoms with van der Waals surface area (Å²) >= 11 is 0. The van der Waals surface area contributed by atoms with Gasteiger partial charge in [0.1, 0.15) is 0 Å². The normalized spacial score (nSPS) is 18.6. The fourth-order valence-corrected chi connectivity index (χ4v) is 3.50. The molecule has 1 fully saturated rings. The minimum absolute atomic E-state index is 0.125. The predicted octanol–water partition coefficient (Wildman–Crippen LogP) is 0.595. The maximum absolute atomic E-state index is 12.1. The number of nitrogens with two attached hydrogens (primary N) is 1. The maximum Gasteiger partial charge on any atom is 0.227 e. The lowest BCUT2D eigenvalue weighted by atomic mass is 10.1. The topological polar surface area (TPSA) is 110 Å². The van der Waals surface area contributed by atoms with Gasteiger partial charge >= 0.3 is 0 Å². The molecule has 0 spiro atoms. The van der Waals surface area contributed by atoms with Crippen molar-refractivity contribution in [3.8, 4) is 0 Å². The smallest absolute Gasteiger partial charge is 0.227 e. The number of nitrogens with zero attached hydrogens (tertiary/aromatic N) is 1. The molecule has 1 heterocycles. The van der Waals surface area contributed by atoms with E-state index < -0.39 is 10.0 Å². The number of amides is 2. The van der Waals surface area contributed by atoms with E-state index >= 15 is 0 Å². The molecule has 1 saturated heterocycles. The molecule has 120 valence electrons. The fourth-order valence-electron chi connectivity index (χ4n) is 2.62. The lowest BCUT2D eigenvalue weighted by Gasteiger charge is -2.18. The van der Waals surface area contributed by atoms with Crippen molar-refractivity contribution < 1.29 is 18.0 Å². The van der Waals surface area contributed by atoms with Crippen LogP contribution in [0.2, 0.25) is 0 Å². The Labute approximate surface area is 129 Å². The lowest BCUT2D eigenvalue weighted by molar-refractivity contribution is -0.117. The van der Waals surface area contributed by atoms with E-state index in [0.717, 1.165) is 5.56 Å². The van der Waals surface area contributed by atoms with Crippen LogP contribution in [0.4, 0.5) is 11.4 Å². The summed E-state index contributed by atoms with van der Waals surface area (Å²) < 4.78 is 22.3. The number of hydrogen-bond donors (Lipinski definition) is 2. The van der Waals surface area contributed by atoms with Crippen LogP contribution >= 0.6 is 0 Å². The van der Waals surface area contributed by atoms with E-state index in [2.05, 4.69) is 5.32 Å². The van der Waals surface area contributed by atoms with Gasteiger partial charge < -0.3 is 10.2 Å². The van der Waals surface area contributed by atoms with Gasteiger partial charge in [-0.25, -0.2) is 13.6 Å². The Morgan fingerprint density at radius 2 is 2.14 bits per heavy atom. The predicted molar refractivity (Wildman–Crippen MR) is 83.9 cm³/mol. The molecule has 1 aromatic carbocycles. The summed E-state index contributed by atoms with van der Waals surface area (Å²) in [5.74, 6) is -0.780. The Morgan fingerprint density at radius 3 is 2.68 bits per heavy atom. The van der Waals surface area contributed by atoms with Gasteiger partial charge in [-0.1, -0.05) is 0 Å². The molecule has 3 N–H and O–H groups in total. The van der Waals surface area contributed by atoms with Crippen LogP contribution in [0, 0.1) is 12.8 Å². The van der Waals surface area contributed by atoms with Crippen molar-refractivity contribution in [1.29, 1.82) is 0 Å². The summed E-state index contributed by atoms with van der Waals surface area (Å²) in [7, 11) is -3.59. The number of rotatable bonds is 4. The van der Waals surface area contributed by atoms with Crippen molar-refractivity contribution >= 4 is 33.2 Å². The third-order valence-electron chi connectivity index (χ3n) is 3.51. The minimum atomic E-state index is -3.59. The number of anilines is 2. The van der Waals surface area contributed by atoms with Crippen LogP contribution in [0.1, 0.15) is 18.9 Å². The number of benzene rings is 1. The van der Waals surface area contributed by atoms with Gasteiger partial charge in [0.25, 0.3) is 0 Å². The summed E-state index contributed by atoms with van der Waals surface area (Å²) in [4.78, 5) is 24.7. The Balaban J connectivity index is 2.17. The summed E-state index contributed by atoms with van der Waals surface area (Å²) in [5, 5.41) is 7.74. The molecule has 8 heteroatoms. The number of nitrogens with one attached hydrogen (secondary N) is 1. The van der Waals surface area contributed by atoms with Gasteiger partial charge in [-0.05, 0) is 30.7 Å². The molecule has 0 radical (unpaired) electrons. The molecule has 0 saturated carbocycles. The molecular weight excluding hydrogens is 306 g/mol. The van der Waals surface area contributed by atoms with Crippen LogP contribution < -0.4 is 15.4 Å². The summed E-state index contributed by atoms with van der Waals surface area (Å²) in [6.45, 7) is 3.58. The highest BCUT2D eigenvalue weighted by atomic mass is 32.2. The number of sulfonamides is 1. The zero-order chi connectivity index (χ0) is 16.5. The van der Waals surface area contributed by atoms with Crippen LogP contribution in [-0.4, -0.2) is 32.5 Å². The van der Waals surface area contributed by atoms with E-state index in [-0.39, 0.29) is 29.9 Å². The Kier molecular flexibility index (Phi) is 4.52. The molecule has 0 aromatic heterocycles. The highest BCUT2D eigenvalue weighted by Gasteiger charge is 2.32. The molecule has 1 unspecified atom stereocenters. The van der Waals surface area contributed by atoms with Crippen LogP contribution in [-0.2, 0) is 19.6 Å². The summed E-state index contributed by atoms with van der Waals surface area (Å²) in [6, 6.07) is 5.25. The average Bonchev–Trinajstić information content (AvgIpc) is 2.70. The first-order chi connectivity index (χ1) is 10.2. The average molecular weight is 325 g/mol. The molecular formula is C14H19N3O4S. The quantitative estimate of drug-likeness (QED) is 0.844. The van der Waals surface area contributed by atoms with E-state index in [0.29, 0.717) is 17.9 Å². The van der Waals surface area contributed by atoms with E-state index in [9.17, 15) is 18.0 Å². The highest BCUT2D eigenvalue weighted by Crippen LogP contribution is 2.28. The minimum Gasteiger partial charge on any atom is -0.326 e. The molecule has 7 nitrogen and oxygen atoms in total. The molecule has 22 heavy (non-hydrogen) atoms. The van der Waals surface area contributed by atoms with Crippen molar-refractivity contribution in [2.45, 2.75) is 20.3 Å². The van der Waals surface area contributed by atoms with Gasteiger partial charge in [0, 0.05) is 37.2 Å². The van der Waals surface area contributed by atoms with Gasteiger partial charge in [0.2, 0.25) is 21.8 Å². The zero-order valence-electron chi connectivity index (χ0n) is 12.5. The number of carbonyl (C=O) groups excluding carboxylic acids is 2. The van der Waals surface area contributed by atoms with E-state index in [1.165, 1.54) is 6.92 Å². The van der Waals surface area contributed by atoms with Crippen molar-refractivity contribution in [3.05, 3.63) is 23.8 Å². The molecule has 2 rings (SSSR count). The van der Waals surface area contributed by atoms with Crippen molar-refractivity contribution in [2.75, 3.05) is 22.5 Å². The second kappa shape index (κ2) is 6.05. The third kappa shape index (κ3) is 4.05. The molecule has 1 aliphatic rings. The van der Waals surface area contributed by atoms with Crippen LogP contribution in [0.3, 0.4) is 0 Å². The van der Waals surface area contributed by atoms with Gasteiger partial charge in [-0.2, -0.15) is 0 Å². The van der Waals surface area contributed by atoms with Crippen molar-refractivity contribution in [1.82, 2.24) is 0 Å². The third-order valence-corrected chi connectivity index (χ3v) is 4.44. The zero-order valence-corrected chi connectivity index (χ0v) is 13.3.